The molecule has 4 saturated carbocycles. The number of ether oxygens (including phenoxy) is 1. The molecule has 4 aliphatic carbocycles. The van der Waals surface area contributed by atoms with Gasteiger partial charge in [-0.05, 0) is 86.0 Å². The molecule has 1 saturated heterocycles. The summed E-state index contributed by atoms with van der Waals surface area (Å²) in [7, 11) is 0. The SMILES string of the molecule is O=c1c(=NNc2ccccc2)c(=O)n(CC23CC4CC(CC(C4)C2)C3)c2ccccc2n1CCN1CCOCC1. The predicted molar refractivity (Wildman–Crippen MR) is 156 cm³/mol. The second kappa shape index (κ2) is 10.6. The van der Waals surface area contributed by atoms with Crippen molar-refractivity contribution in [3.05, 3.63) is 80.7 Å². The molecule has 0 amide bonds. The van der Waals surface area contributed by atoms with Gasteiger partial charge in [0.1, 0.15) is 0 Å². The van der Waals surface area contributed by atoms with Crippen LogP contribution in [0.2, 0.25) is 0 Å². The molecular weight excluding hydrogens is 502 g/mol. The molecule has 1 N–H and O–H groups in total. The van der Waals surface area contributed by atoms with Gasteiger partial charge in [-0.3, -0.25) is 19.9 Å². The van der Waals surface area contributed by atoms with Crippen LogP contribution in [0.1, 0.15) is 38.5 Å². The monoisotopic (exact) mass is 541 g/mol. The minimum Gasteiger partial charge on any atom is -0.379 e. The number of nitrogens with one attached hydrogen (secondary N) is 1. The van der Waals surface area contributed by atoms with Crippen LogP contribution in [-0.2, 0) is 17.8 Å². The molecule has 0 spiro atoms. The van der Waals surface area contributed by atoms with E-state index in [4.69, 9.17) is 4.74 Å². The van der Waals surface area contributed by atoms with Gasteiger partial charge in [0.15, 0.2) is 0 Å². The summed E-state index contributed by atoms with van der Waals surface area (Å²) in [6.07, 6.45) is 7.62. The maximum Gasteiger partial charge on any atom is 0.284 e. The molecule has 5 fully saturated rings. The molecule has 8 rings (SSSR count). The van der Waals surface area contributed by atoms with E-state index in [-0.39, 0.29) is 21.9 Å². The molecule has 5 aliphatic rings. The van der Waals surface area contributed by atoms with E-state index in [9.17, 15) is 9.59 Å². The summed E-state index contributed by atoms with van der Waals surface area (Å²) in [5.41, 5.74) is 4.84. The summed E-state index contributed by atoms with van der Waals surface area (Å²) in [6, 6.07) is 17.4. The lowest BCUT2D eigenvalue weighted by atomic mass is 9.49. The van der Waals surface area contributed by atoms with Crippen LogP contribution in [-0.4, -0.2) is 46.9 Å². The van der Waals surface area contributed by atoms with Crippen molar-refractivity contribution in [2.24, 2.45) is 28.3 Å². The quantitative estimate of drug-likeness (QED) is 0.462. The molecule has 1 aliphatic heterocycles. The highest BCUT2D eigenvalue weighted by molar-refractivity contribution is 5.74. The van der Waals surface area contributed by atoms with Crippen molar-refractivity contribution in [1.29, 1.82) is 0 Å². The Kier molecular flexibility index (Phi) is 6.84. The van der Waals surface area contributed by atoms with Gasteiger partial charge in [0.2, 0.25) is 5.36 Å². The Balaban J connectivity index is 1.38. The van der Waals surface area contributed by atoms with E-state index in [1.807, 2.05) is 59.2 Å². The van der Waals surface area contributed by atoms with Gasteiger partial charge in [-0.25, -0.2) is 0 Å². The van der Waals surface area contributed by atoms with Crippen LogP contribution in [0.4, 0.5) is 5.69 Å². The average molecular weight is 542 g/mol. The lowest BCUT2D eigenvalue weighted by Crippen LogP contribution is -2.51. The highest BCUT2D eigenvalue weighted by Crippen LogP contribution is 2.60. The molecule has 0 radical (unpaired) electrons. The molecule has 0 atom stereocenters. The second-order valence-corrected chi connectivity index (χ2v) is 12.6. The molecule has 4 bridgehead atoms. The van der Waals surface area contributed by atoms with Crippen LogP contribution in [0, 0.1) is 23.2 Å². The summed E-state index contributed by atoms with van der Waals surface area (Å²) in [5, 5.41) is 4.45. The number of hydrogen-bond donors (Lipinski definition) is 1. The molecule has 40 heavy (non-hydrogen) atoms. The first-order chi connectivity index (χ1) is 19.6. The number of hydrogen-bond acceptors (Lipinski definition) is 6. The van der Waals surface area contributed by atoms with Crippen molar-refractivity contribution in [3.8, 4) is 0 Å². The zero-order chi connectivity index (χ0) is 27.1. The topological polar surface area (TPSA) is 80.9 Å². The predicted octanol–water partition coefficient (Wildman–Crippen LogP) is 3.64. The summed E-state index contributed by atoms with van der Waals surface area (Å²) in [6.45, 7) is 4.95. The Labute approximate surface area is 234 Å². The molecule has 2 heterocycles. The average Bonchev–Trinajstić information content (AvgIpc) is 3.04. The van der Waals surface area contributed by atoms with Crippen molar-refractivity contribution in [2.75, 3.05) is 38.3 Å². The summed E-state index contributed by atoms with van der Waals surface area (Å²) >= 11 is 0. The van der Waals surface area contributed by atoms with Crippen LogP contribution >= 0.6 is 0 Å². The Morgan fingerprint density at radius 1 is 0.775 bits per heavy atom. The standard InChI is InChI=1S/C32H39N5O3/c38-30-29(34-33-26-6-2-1-3-7-26)31(39)37(22-32-19-23-16-24(20-32)18-25(17-23)21-32)28-9-5-4-8-27(28)36(30)11-10-35-12-14-40-15-13-35/h1-9,23-25,33H,10-22H2. The van der Waals surface area contributed by atoms with Crippen molar-refractivity contribution >= 4 is 16.7 Å². The van der Waals surface area contributed by atoms with Crippen LogP contribution in [0.5, 0.6) is 0 Å². The number of fused-ring (bicyclic) bond motifs is 1. The van der Waals surface area contributed by atoms with Gasteiger partial charge in [-0.15, -0.1) is 0 Å². The number of anilines is 1. The first-order valence-electron chi connectivity index (χ1n) is 15.0. The third-order valence-electron chi connectivity index (χ3n) is 9.83. The Morgan fingerprint density at radius 2 is 1.35 bits per heavy atom. The summed E-state index contributed by atoms with van der Waals surface area (Å²) in [4.78, 5) is 30.9. The largest absolute Gasteiger partial charge is 0.379 e. The Hall–Kier alpha value is -3.23. The number of para-hydroxylation sites is 3. The summed E-state index contributed by atoms with van der Waals surface area (Å²) in [5.74, 6) is 2.34. The lowest BCUT2D eigenvalue weighted by molar-refractivity contribution is -0.0617. The normalized spacial score (nSPS) is 28.3. The van der Waals surface area contributed by atoms with Crippen molar-refractivity contribution in [1.82, 2.24) is 14.0 Å². The van der Waals surface area contributed by atoms with Gasteiger partial charge in [0, 0.05) is 32.7 Å². The third kappa shape index (κ3) is 4.92. The number of nitrogens with zero attached hydrogens (tertiary/aromatic N) is 4. The fraction of sp³-hybridized carbons (Fsp3) is 0.531. The molecule has 2 aromatic carbocycles. The number of morpholine rings is 1. The van der Waals surface area contributed by atoms with E-state index >= 15 is 0 Å². The van der Waals surface area contributed by atoms with Crippen LogP contribution in [0.25, 0.3) is 11.0 Å². The minimum absolute atomic E-state index is 0.0493. The molecule has 210 valence electrons. The zero-order valence-corrected chi connectivity index (χ0v) is 23.1. The molecule has 8 nitrogen and oxygen atoms in total. The van der Waals surface area contributed by atoms with E-state index in [1.165, 1.54) is 38.5 Å². The van der Waals surface area contributed by atoms with E-state index in [0.717, 1.165) is 47.6 Å². The highest BCUT2D eigenvalue weighted by Gasteiger charge is 2.51. The van der Waals surface area contributed by atoms with Gasteiger partial charge in [0.05, 0.1) is 29.9 Å². The molecule has 1 aromatic heterocycles. The van der Waals surface area contributed by atoms with Gasteiger partial charge in [-0.1, -0.05) is 30.3 Å². The Morgan fingerprint density at radius 3 is 2.00 bits per heavy atom. The van der Waals surface area contributed by atoms with Crippen molar-refractivity contribution in [2.45, 2.75) is 51.6 Å². The van der Waals surface area contributed by atoms with Gasteiger partial charge in [0.25, 0.3) is 11.1 Å². The lowest BCUT2D eigenvalue weighted by Gasteiger charge is -2.57. The summed E-state index contributed by atoms with van der Waals surface area (Å²) < 4.78 is 9.20. The first-order valence-corrected chi connectivity index (χ1v) is 15.0. The zero-order valence-electron chi connectivity index (χ0n) is 23.1. The van der Waals surface area contributed by atoms with Crippen LogP contribution in [0.15, 0.2) is 69.3 Å². The van der Waals surface area contributed by atoms with Crippen LogP contribution < -0.4 is 21.9 Å². The molecule has 0 unspecified atom stereocenters. The van der Waals surface area contributed by atoms with Gasteiger partial charge >= 0.3 is 0 Å². The highest BCUT2D eigenvalue weighted by atomic mass is 16.5. The number of aromatic nitrogens is 2. The fourth-order valence-corrected chi connectivity index (χ4v) is 8.48. The third-order valence-corrected chi connectivity index (χ3v) is 9.83. The molecular formula is C32H39N5O3. The maximum atomic E-state index is 14.4. The number of rotatable bonds is 7. The molecule has 3 aromatic rings. The minimum atomic E-state index is -0.345. The van der Waals surface area contributed by atoms with Gasteiger partial charge < -0.3 is 13.9 Å². The van der Waals surface area contributed by atoms with E-state index < -0.39 is 0 Å². The van der Waals surface area contributed by atoms with Crippen molar-refractivity contribution in [3.63, 3.8) is 0 Å². The van der Waals surface area contributed by atoms with Gasteiger partial charge in [-0.2, -0.15) is 5.10 Å². The molecule has 8 heteroatoms. The Bertz CT molecular complexity index is 1540. The fourth-order valence-electron chi connectivity index (χ4n) is 8.48. The smallest absolute Gasteiger partial charge is 0.284 e. The van der Waals surface area contributed by atoms with E-state index in [2.05, 4.69) is 15.4 Å². The number of benzene rings is 2. The second-order valence-electron chi connectivity index (χ2n) is 12.6. The van der Waals surface area contributed by atoms with E-state index in [0.29, 0.717) is 32.8 Å². The van der Waals surface area contributed by atoms with E-state index in [1.54, 1.807) is 4.57 Å². The first kappa shape index (κ1) is 25.7. The van der Waals surface area contributed by atoms with Crippen molar-refractivity contribution < 1.29 is 4.74 Å². The maximum absolute atomic E-state index is 14.4. The van der Waals surface area contributed by atoms with Crippen LogP contribution in [0.3, 0.4) is 0 Å².